The lowest BCUT2D eigenvalue weighted by molar-refractivity contribution is -0.111. The van der Waals surface area contributed by atoms with Crippen LogP contribution >= 0.6 is 0 Å². The number of aldehydes is 1. The van der Waals surface area contributed by atoms with Crippen LogP contribution in [0.3, 0.4) is 0 Å². The molecule has 1 aliphatic carbocycles. The Hall–Kier alpha value is -0.630. The number of hydrogen-bond acceptors (Lipinski definition) is 2. The largest absolute Gasteiger partial charge is 0.367 e. The Labute approximate surface area is 91.7 Å². The molecule has 0 aromatic rings. The molecule has 0 spiro atoms. The van der Waals surface area contributed by atoms with Crippen molar-refractivity contribution in [3.05, 3.63) is 11.6 Å². The van der Waals surface area contributed by atoms with E-state index >= 15 is 0 Å². The summed E-state index contributed by atoms with van der Waals surface area (Å²) in [5.74, 6) is 0.280. The molecule has 0 aromatic heterocycles. The van der Waals surface area contributed by atoms with Gasteiger partial charge in [0, 0.05) is 5.92 Å². The molecular formula is C13H20O2. The standard InChI is InChI=1S/C13H20O2/c1-13(2)12(15-13)8-7-10-3-5-11(9-14)6-4-10/h3,9,11-12H,4-8H2,1-2H3. The predicted molar refractivity (Wildman–Crippen MR) is 59.7 cm³/mol. The van der Waals surface area contributed by atoms with Crippen molar-refractivity contribution in [3.8, 4) is 0 Å². The van der Waals surface area contributed by atoms with E-state index in [1.54, 1.807) is 0 Å². The van der Waals surface area contributed by atoms with Crippen LogP contribution in [0.2, 0.25) is 0 Å². The zero-order valence-electron chi connectivity index (χ0n) is 9.66. The van der Waals surface area contributed by atoms with E-state index in [9.17, 15) is 4.79 Å². The van der Waals surface area contributed by atoms with Gasteiger partial charge in [-0.3, -0.25) is 0 Å². The Bertz CT molecular complexity index is 278. The van der Waals surface area contributed by atoms with E-state index in [2.05, 4.69) is 19.9 Å². The molecule has 15 heavy (non-hydrogen) atoms. The van der Waals surface area contributed by atoms with Crippen LogP contribution in [0, 0.1) is 5.92 Å². The molecule has 1 saturated heterocycles. The molecule has 1 aliphatic heterocycles. The fraction of sp³-hybridized carbons (Fsp3) is 0.769. The summed E-state index contributed by atoms with van der Waals surface area (Å²) in [5, 5.41) is 0. The third kappa shape index (κ3) is 2.69. The second kappa shape index (κ2) is 4.09. The number of rotatable bonds is 4. The third-order valence-corrected chi connectivity index (χ3v) is 3.63. The van der Waals surface area contributed by atoms with Crippen LogP contribution in [0.25, 0.3) is 0 Å². The molecular weight excluding hydrogens is 188 g/mol. The van der Waals surface area contributed by atoms with Crippen LogP contribution in [0.4, 0.5) is 0 Å². The number of carbonyl (C=O) groups is 1. The monoisotopic (exact) mass is 208 g/mol. The van der Waals surface area contributed by atoms with Crippen LogP contribution in [0.5, 0.6) is 0 Å². The van der Waals surface area contributed by atoms with Crippen molar-refractivity contribution in [2.75, 3.05) is 0 Å². The van der Waals surface area contributed by atoms with Crippen molar-refractivity contribution >= 4 is 6.29 Å². The summed E-state index contributed by atoms with van der Waals surface area (Å²) in [7, 11) is 0. The first kappa shape index (κ1) is 10.9. The van der Waals surface area contributed by atoms with Crippen molar-refractivity contribution in [1.82, 2.24) is 0 Å². The van der Waals surface area contributed by atoms with Gasteiger partial charge in [0.15, 0.2) is 0 Å². The quantitative estimate of drug-likeness (QED) is 0.404. The first-order valence-corrected chi connectivity index (χ1v) is 5.93. The van der Waals surface area contributed by atoms with E-state index in [1.165, 1.54) is 5.57 Å². The molecule has 2 nitrogen and oxygen atoms in total. The highest BCUT2D eigenvalue weighted by Crippen LogP contribution is 2.39. The summed E-state index contributed by atoms with van der Waals surface area (Å²) in [6.45, 7) is 4.30. The SMILES string of the molecule is CC1(C)OC1CCC1=CCC(C=O)CC1. The molecule has 2 aliphatic rings. The molecule has 2 heteroatoms. The Morgan fingerprint density at radius 2 is 2.33 bits per heavy atom. The number of carbonyl (C=O) groups excluding carboxylic acids is 1. The minimum Gasteiger partial charge on any atom is -0.367 e. The molecule has 1 fully saturated rings. The Morgan fingerprint density at radius 3 is 2.80 bits per heavy atom. The normalized spacial score (nSPS) is 33.3. The zero-order valence-corrected chi connectivity index (χ0v) is 9.66. The maximum atomic E-state index is 10.6. The summed E-state index contributed by atoms with van der Waals surface area (Å²) in [6.07, 6.45) is 9.22. The molecule has 1 heterocycles. The summed E-state index contributed by atoms with van der Waals surface area (Å²) < 4.78 is 5.55. The van der Waals surface area contributed by atoms with E-state index in [-0.39, 0.29) is 11.5 Å². The van der Waals surface area contributed by atoms with E-state index in [1.807, 2.05) is 0 Å². The van der Waals surface area contributed by atoms with Crippen molar-refractivity contribution < 1.29 is 9.53 Å². The van der Waals surface area contributed by atoms with E-state index in [0.29, 0.717) is 6.10 Å². The van der Waals surface area contributed by atoms with Gasteiger partial charge in [-0.05, 0) is 46.0 Å². The van der Waals surface area contributed by atoms with E-state index in [4.69, 9.17) is 4.74 Å². The first-order chi connectivity index (χ1) is 7.12. The van der Waals surface area contributed by atoms with Crippen LogP contribution in [0.15, 0.2) is 11.6 Å². The highest BCUT2D eigenvalue weighted by Gasteiger charge is 2.46. The van der Waals surface area contributed by atoms with E-state index in [0.717, 1.165) is 38.4 Å². The topological polar surface area (TPSA) is 29.6 Å². The van der Waals surface area contributed by atoms with Crippen molar-refractivity contribution in [2.24, 2.45) is 5.92 Å². The van der Waals surface area contributed by atoms with Crippen LogP contribution in [-0.2, 0) is 9.53 Å². The lowest BCUT2D eigenvalue weighted by atomic mass is 9.88. The summed E-state index contributed by atoms with van der Waals surface area (Å²) in [5.41, 5.74) is 1.65. The van der Waals surface area contributed by atoms with Gasteiger partial charge in [0.2, 0.25) is 0 Å². The zero-order chi connectivity index (χ0) is 10.9. The minimum absolute atomic E-state index is 0.126. The number of ether oxygens (including phenoxy) is 1. The Morgan fingerprint density at radius 1 is 1.60 bits per heavy atom. The fourth-order valence-electron chi connectivity index (χ4n) is 2.32. The minimum atomic E-state index is 0.126. The third-order valence-electron chi connectivity index (χ3n) is 3.63. The van der Waals surface area contributed by atoms with Gasteiger partial charge >= 0.3 is 0 Å². The van der Waals surface area contributed by atoms with Gasteiger partial charge in [-0.1, -0.05) is 11.6 Å². The highest BCUT2D eigenvalue weighted by molar-refractivity contribution is 5.54. The van der Waals surface area contributed by atoms with Crippen LogP contribution in [-0.4, -0.2) is 18.0 Å². The van der Waals surface area contributed by atoms with Gasteiger partial charge in [0.1, 0.15) is 6.29 Å². The average Bonchev–Trinajstić information content (AvgIpc) is 2.84. The molecule has 0 bridgehead atoms. The highest BCUT2D eigenvalue weighted by atomic mass is 16.6. The van der Waals surface area contributed by atoms with Crippen LogP contribution < -0.4 is 0 Å². The summed E-state index contributed by atoms with van der Waals surface area (Å²) >= 11 is 0. The lowest BCUT2D eigenvalue weighted by Gasteiger charge is -2.16. The van der Waals surface area contributed by atoms with Crippen LogP contribution in [0.1, 0.15) is 46.0 Å². The molecule has 0 amide bonds. The second-order valence-corrected chi connectivity index (χ2v) is 5.28. The smallest absolute Gasteiger partial charge is 0.123 e. The fourth-order valence-corrected chi connectivity index (χ4v) is 2.32. The molecule has 0 radical (unpaired) electrons. The second-order valence-electron chi connectivity index (χ2n) is 5.28. The summed E-state index contributed by atoms with van der Waals surface area (Å²) in [6, 6.07) is 0. The van der Waals surface area contributed by atoms with E-state index < -0.39 is 0 Å². The van der Waals surface area contributed by atoms with Gasteiger partial charge < -0.3 is 9.53 Å². The maximum absolute atomic E-state index is 10.6. The number of allylic oxidation sites excluding steroid dienone is 2. The van der Waals surface area contributed by atoms with Gasteiger partial charge in [-0.25, -0.2) is 0 Å². The van der Waals surface area contributed by atoms with Gasteiger partial charge in [-0.2, -0.15) is 0 Å². The molecule has 0 saturated carbocycles. The maximum Gasteiger partial charge on any atom is 0.123 e. The lowest BCUT2D eigenvalue weighted by Crippen LogP contribution is -2.08. The predicted octanol–water partition coefficient (Wildman–Crippen LogP) is 2.87. The molecule has 0 aromatic carbocycles. The summed E-state index contributed by atoms with van der Waals surface area (Å²) in [4.78, 5) is 10.6. The van der Waals surface area contributed by atoms with Crippen molar-refractivity contribution in [2.45, 2.75) is 57.7 Å². The van der Waals surface area contributed by atoms with Crippen molar-refractivity contribution in [1.29, 1.82) is 0 Å². The molecule has 2 rings (SSSR count). The first-order valence-electron chi connectivity index (χ1n) is 5.93. The van der Waals surface area contributed by atoms with Gasteiger partial charge in [0.05, 0.1) is 11.7 Å². The van der Waals surface area contributed by atoms with Crippen molar-refractivity contribution in [3.63, 3.8) is 0 Å². The Kier molecular flexibility index (Phi) is 2.96. The Balaban J connectivity index is 1.72. The molecule has 0 N–H and O–H groups in total. The number of epoxide rings is 1. The molecule has 2 unspecified atom stereocenters. The van der Waals surface area contributed by atoms with Gasteiger partial charge in [0.25, 0.3) is 0 Å². The number of hydrogen-bond donors (Lipinski definition) is 0. The molecule has 2 atom stereocenters. The van der Waals surface area contributed by atoms with Gasteiger partial charge in [-0.15, -0.1) is 0 Å². The molecule has 84 valence electrons. The average molecular weight is 208 g/mol.